The van der Waals surface area contributed by atoms with Gasteiger partial charge in [0.2, 0.25) is 5.91 Å². The molecule has 1 saturated carbocycles. The number of imide groups is 1. The molecule has 1 atom stereocenters. The van der Waals surface area contributed by atoms with E-state index in [9.17, 15) is 9.59 Å². The van der Waals surface area contributed by atoms with Gasteiger partial charge in [-0.05, 0) is 38.9 Å². The number of ether oxygens (including phenoxy) is 1. The summed E-state index contributed by atoms with van der Waals surface area (Å²) in [7, 11) is 1.87. The number of nitrogens with one attached hydrogen (secondary N) is 2. The van der Waals surface area contributed by atoms with Crippen LogP contribution in [0.25, 0.3) is 0 Å². The minimum Gasteiger partial charge on any atom is -0.485 e. The van der Waals surface area contributed by atoms with Gasteiger partial charge in [0.25, 0.3) is 0 Å². The van der Waals surface area contributed by atoms with Crippen LogP contribution in [0.1, 0.15) is 32.6 Å². The van der Waals surface area contributed by atoms with Gasteiger partial charge in [0, 0.05) is 19.1 Å². The zero-order chi connectivity index (χ0) is 19.2. The summed E-state index contributed by atoms with van der Waals surface area (Å²) in [5.41, 5.74) is 1.11. The third-order valence-corrected chi connectivity index (χ3v) is 5.18. The number of anilines is 1. The molecule has 0 radical (unpaired) electrons. The van der Waals surface area contributed by atoms with Gasteiger partial charge in [-0.25, -0.2) is 4.79 Å². The van der Waals surface area contributed by atoms with Crippen LogP contribution in [0.4, 0.5) is 10.5 Å². The van der Waals surface area contributed by atoms with Gasteiger partial charge >= 0.3 is 6.03 Å². The van der Waals surface area contributed by atoms with Crippen molar-refractivity contribution in [1.82, 2.24) is 15.5 Å². The highest BCUT2D eigenvalue weighted by Gasteiger charge is 2.26. The van der Waals surface area contributed by atoms with Crippen LogP contribution in [0.5, 0.6) is 5.75 Å². The van der Waals surface area contributed by atoms with Crippen molar-refractivity contribution in [3.05, 3.63) is 24.3 Å². The topological polar surface area (TPSA) is 73.9 Å². The molecule has 1 fully saturated rings. The smallest absolute Gasteiger partial charge is 0.321 e. The summed E-state index contributed by atoms with van der Waals surface area (Å²) in [5.74, 6) is 0.584. The number of likely N-dealkylation sites (N-methyl/N-ethyl adjacent to an activating group) is 2. The standard InChI is InChI=1S/C20H30N4O3/c1-3-24-13-16(27-18-11-7-6-10-17(18)24)12-23(2)14-19(25)22-20(26)21-15-8-4-5-9-15/h6-7,10-11,15-16H,3-5,8-9,12-14H2,1-2H3,(H2,21,22,25,26). The van der Waals surface area contributed by atoms with Crippen LogP contribution in [0, 0.1) is 0 Å². The van der Waals surface area contributed by atoms with Crippen molar-refractivity contribution >= 4 is 17.6 Å². The Labute approximate surface area is 161 Å². The molecular formula is C20H30N4O3. The number of carbonyl (C=O) groups excluding carboxylic acids is 2. The van der Waals surface area contributed by atoms with Crippen molar-refractivity contribution in [2.45, 2.75) is 44.8 Å². The first-order valence-electron chi connectivity index (χ1n) is 9.84. The third kappa shape index (κ3) is 5.35. The van der Waals surface area contributed by atoms with Crippen LogP contribution in [-0.4, -0.2) is 62.2 Å². The van der Waals surface area contributed by atoms with E-state index in [0.29, 0.717) is 6.54 Å². The fourth-order valence-electron chi connectivity index (χ4n) is 3.89. The molecule has 1 unspecified atom stereocenters. The molecule has 2 aliphatic rings. The number of para-hydroxylation sites is 2. The Morgan fingerprint density at radius 2 is 2.00 bits per heavy atom. The summed E-state index contributed by atoms with van der Waals surface area (Å²) in [6, 6.07) is 7.83. The molecule has 1 aliphatic heterocycles. The number of hydrogen-bond acceptors (Lipinski definition) is 5. The number of amides is 3. The molecular weight excluding hydrogens is 344 g/mol. The third-order valence-electron chi connectivity index (χ3n) is 5.18. The van der Waals surface area contributed by atoms with E-state index in [0.717, 1.165) is 50.2 Å². The quantitative estimate of drug-likeness (QED) is 0.796. The Kier molecular flexibility index (Phi) is 6.55. The average Bonchev–Trinajstić information content (AvgIpc) is 3.13. The van der Waals surface area contributed by atoms with Crippen LogP contribution in [0.3, 0.4) is 0 Å². The van der Waals surface area contributed by atoms with Crippen LogP contribution < -0.4 is 20.3 Å². The van der Waals surface area contributed by atoms with Gasteiger partial charge in [-0.2, -0.15) is 0 Å². The van der Waals surface area contributed by atoms with Crippen LogP contribution in [-0.2, 0) is 4.79 Å². The summed E-state index contributed by atoms with van der Waals surface area (Å²) in [5, 5.41) is 5.30. The molecule has 2 N–H and O–H groups in total. The van der Waals surface area contributed by atoms with Gasteiger partial charge in [-0.1, -0.05) is 25.0 Å². The van der Waals surface area contributed by atoms with E-state index in [4.69, 9.17) is 4.74 Å². The van der Waals surface area contributed by atoms with Crippen LogP contribution >= 0.6 is 0 Å². The molecule has 0 spiro atoms. The van der Waals surface area contributed by atoms with Gasteiger partial charge in [0.05, 0.1) is 18.8 Å². The first-order chi connectivity index (χ1) is 13.0. The van der Waals surface area contributed by atoms with Gasteiger partial charge in [0.1, 0.15) is 11.9 Å². The second-order valence-electron chi connectivity index (χ2n) is 7.45. The van der Waals surface area contributed by atoms with E-state index in [2.05, 4.69) is 28.5 Å². The molecule has 1 aliphatic carbocycles. The molecule has 1 heterocycles. The zero-order valence-electron chi connectivity index (χ0n) is 16.2. The Morgan fingerprint density at radius 1 is 1.26 bits per heavy atom. The molecule has 7 heteroatoms. The molecule has 0 saturated heterocycles. The molecule has 1 aromatic carbocycles. The second-order valence-corrected chi connectivity index (χ2v) is 7.45. The van der Waals surface area contributed by atoms with E-state index in [1.807, 2.05) is 30.1 Å². The minimum atomic E-state index is -0.389. The van der Waals surface area contributed by atoms with Gasteiger partial charge in [0.15, 0.2) is 0 Å². The minimum absolute atomic E-state index is 0.0232. The molecule has 1 aromatic rings. The maximum absolute atomic E-state index is 12.1. The number of urea groups is 1. The number of benzene rings is 1. The first-order valence-corrected chi connectivity index (χ1v) is 9.84. The molecule has 0 bridgehead atoms. The predicted octanol–water partition coefficient (Wildman–Crippen LogP) is 1.97. The number of rotatable bonds is 6. The lowest BCUT2D eigenvalue weighted by molar-refractivity contribution is -0.121. The molecule has 27 heavy (non-hydrogen) atoms. The van der Waals surface area contributed by atoms with Gasteiger partial charge in [-0.3, -0.25) is 15.0 Å². The predicted molar refractivity (Wildman–Crippen MR) is 105 cm³/mol. The fraction of sp³-hybridized carbons (Fsp3) is 0.600. The van der Waals surface area contributed by atoms with Crippen molar-refractivity contribution in [2.75, 3.05) is 38.1 Å². The Morgan fingerprint density at radius 3 is 2.74 bits per heavy atom. The normalized spacial score (nSPS) is 19.5. The average molecular weight is 374 g/mol. The maximum Gasteiger partial charge on any atom is 0.321 e. The van der Waals surface area contributed by atoms with Gasteiger partial charge < -0.3 is 15.0 Å². The molecule has 3 rings (SSSR count). The lowest BCUT2D eigenvalue weighted by Gasteiger charge is -2.37. The summed E-state index contributed by atoms with van der Waals surface area (Å²) >= 11 is 0. The number of nitrogens with zero attached hydrogens (tertiary/aromatic N) is 2. The lowest BCUT2D eigenvalue weighted by atomic mass is 10.2. The Hall–Kier alpha value is -2.28. The highest BCUT2D eigenvalue weighted by molar-refractivity contribution is 5.95. The number of hydrogen-bond donors (Lipinski definition) is 2. The summed E-state index contributed by atoms with van der Waals surface area (Å²) in [4.78, 5) is 28.2. The van der Waals surface area contributed by atoms with Crippen molar-refractivity contribution in [2.24, 2.45) is 0 Å². The summed E-state index contributed by atoms with van der Waals surface area (Å²) < 4.78 is 6.09. The monoisotopic (exact) mass is 374 g/mol. The van der Waals surface area contributed by atoms with Gasteiger partial charge in [-0.15, -0.1) is 0 Å². The lowest BCUT2D eigenvalue weighted by Crippen LogP contribution is -2.49. The van der Waals surface area contributed by atoms with E-state index in [-0.39, 0.29) is 30.6 Å². The van der Waals surface area contributed by atoms with Crippen LogP contribution in [0.2, 0.25) is 0 Å². The Balaban J connectivity index is 1.45. The number of fused-ring (bicyclic) bond motifs is 1. The van der Waals surface area contributed by atoms with Crippen molar-refractivity contribution in [1.29, 1.82) is 0 Å². The SMILES string of the molecule is CCN1CC(CN(C)CC(=O)NC(=O)NC2CCCC2)Oc2ccccc21. The largest absolute Gasteiger partial charge is 0.485 e. The van der Waals surface area contributed by atoms with E-state index >= 15 is 0 Å². The van der Waals surface area contributed by atoms with E-state index < -0.39 is 0 Å². The molecule has 7 nitrogen and oxygen atoms in total. The molecule has 0 aromatic heterocycles. The number of carbonyl (C=O) groups is 2. The highest BCUT2D eigenvalue weighted by Crippen LogP contribution is 2.32. The molecule has 3 amide bonds. The van der Waals surface area contributed by atoms with E-state index in [1.165, 1.54) is 0 Å². The first kappa shape index (κ1) is 19.5. The second kappa shape index (κ2) is 9.08. The van der Waals surface area contributed by atoms with Crippen LogP contribution in [0.15, 0.2) is 24.3 Å². The summed E-state index contributed by atoms with van der Waals surface area (Å²) in [6.45, 7) is 4.58. The Bertz CT molecular complexity index is 660. The van der Waals surface area contributed by atoms with Crippen molar-refractivity contribution < 1.29 is 14.3 Å². The molecule has 148 valence electrons. The maximum atomic E-state index is 12.1. The zero-order valence-corrected chi connectivity index (χ0v) is 16.2. The highest BCUT2D eigenvalue weighted by atomic mass is 16.5. The van der Waals surface area contributed by atoms with Crippen molar-refractivity contribution in [3.8, 4) is 5.75 Å². The fourth-order valence-corrected chi connectivity index (χ4v) is 3.89. The summed E-state index contributed by atoms with van der Waals surface area (Å²) in [6.07, 6.45) is 4.25. The van der Waals surface area contributed by atoms with Crippen molar-refractivity contribution in [3.63, 3.8) is 0 Å². The van der Waals surface area contributed by atoms with E-state index in [1.54, 1.807) is 0 Å².